The normalized spacial score (nSPS) is 15.8. The first kappa shape index (κ1) is 22.4. The average molecular weight is 449 g/mol. The average Bonchev–Trinajstić information content (AvgIpc) is 3.03. The van der Waals surface area contributed by atoms with Gasteiger partial charge in [-0.15, -0.1) is 11.3 Å². The Bertz CT molecular complexity index is 995. The van der Waals surface area contributed by atoms with E-state index in [-0.39, 0.29) is 16.1 Å². The van der Waals surface area contributed by atoms with Crippen molar-refractivity contribution in [2.45, 2.75) is 40.0 Å². The van der Waals surface area contributed by atoms with Crippen LogP contribution in [0.2, 0.25) is 0 Å². The van der Waals surface area contributed by atoms with E-state index >= 15 is 0 Å². The molecule has 0 radical (unpaired) electrons. The predicted molar refractivity (Wildman–Crippen MR) is 121 cm³/mol. The fraction of sp³-hybridized carbons (Fsp3) is 0.409. The Hall–Kier alpha value is -2.32. The number of carbonyl (C=O) groups is 2. The van der Waals surface area contributed by atoms with Gasteiger partial charge in [0.05, 0.1) is 18.2 Å². The molecule has 0 saturated carbocycles. The van der Waals surface area contributed by atoms with Crippen LogP contribution < -0.4 is 10.6 Å². The number of halogens is 1. The van der Waals surface area contributed by atoms with Gasteiger partial charge in [0.1, 0.15) is 10.8 Å². The van der Waals surface area contributed by atoms with Crippen molar-refractivity contribution in [2.75, 3.05) is 12.4 Å². The lowest BCUT2D eigenvalue weighted by molar-refractivity contribution is 0.0600. The zero-order chi connectivity index (χ0) is 22.1. The Morgan fingerprint density at radius 2 is 1.97 bits per heavy atom. The van der Waals surface area contributed by atoms with Gasteiger partial charge < -0.3 is 10.1 Å². The molecule has 0 aliphatic heterocycles. The number of anilines is 1. The molecule has 2 aromatic rings. The van der Waals surface area contributed by atoms with E-state index in [1.165, 1.54) is 36.6 Å². The first-order valence-electron chi connectivity index (χ1n) is 9.71. The molecule has 5 nitrogen and oxygen atoms in total. The third kappa shape index (κ3) is 4.70. The summed E-state index contributed by atoms with van der Waals surface area (Å²) in [7, 11) is 1.34. The third-order valence-electron chi connectivity index (χ3n) is 5.45. The molecule has 8 heteroatoms. The van der Waals surface area contributed by atoms with E-state index in [2.05, 4.69) is 31.4 Å². The molecular formula is C22H25FN2O3S2. The van der Waals surface area contributed by atoms with Gasteiger partial charge in [-0.2, -0.15) is 0 Å². The first-order chi connectivity index (χ1) is 14.1. The minimum atomic E-state index is -0.653. The Morgan fingerprint density at radius 1 is 1.27 bits per heavy atom. The summed E-state index contributed by atoms with van der Waals surface area (Å²) in [5, 5.41) is 5.97. The van der Waals surface area contributed by atoms with Crippen LogP contribution in [0.15, 0.2) is 24.3 Å². The Kier molecular flexibility index (Phi) is 6.57. The summed E-state index contributed by atoms with van der Waals surface area (Å²) in [6, 6.07) is 5.67. The van der Waals surface area contributed by atoms with Crippen molar-refractivity contribution in [3.63, 3.8) is 0 Å². The van der Waals surface area contributed by atoms with E-state index in [4.69, 9.17) is 17.0 Å². The number of carbonyl (C=O) groups excluding carboxylic acids is 2. The minimum Gasteiger partial charge on any atom is -0.465 e. The van der Waals surface area contributed by atoms with Crippen molar-refractivity contribution in [3.05, 3.63) is 51.7 Å². The quantitative estimate of drug-likeness (QED) is 0.514. The number of hydrogen-bond acceptors (Lipinski definition) is 5. The van der Waals surface area contributed by atoms with Crippen molar-refractivity contribution >= 4 is 45.5 Å². The van der Waals surface area contributed by atoms with E-state index in [0.29, 0.717) is 16.5 Å². The van der Waals surface area contributed by atoms with Gasteiger partial charge in [-0.3, -0.25) is 10.1 Å². The molecule has 1 aliphatic rings. The highest BCUT2D eigenvalue weighted by Gasteiger charge is 2.34. The maximum absolute atomic E-state index is 13.8. The number of benzene rings is 1. The summed E-state index contributed by atoms with van der Waals surface area (Å²) < 4.78 is 18.8. The fourth-order valence-electron chi connectivity index (χ4n) is 3.68. The van der Waals surface area contributed by atoms with Gasteiger partial charge >= 0.3 is 5.97 Å². The number of hydrogen-bond donors (Lipinski definition) is 2. The number of amides is 1. The maximum Gasteiger partial charge on any atom is 0.341 e. The highest BCUT2D eigenvalue weighted by atomic mass is 32.1. The molecule has 1 heterocycles. The molecule has 0 fully saturated rings. The van der Waals surface area contributed by atoms with Crippen LogP contribution in [0, 0.1) is 17.2 Å². The van der Waals surface area contributed by atoms with Crippen LogP contribution in [-0.4, -0.2) is 24.1 Å². The molecule has 30 heavy (non-hydrogen) atoms. The van der Waals surface area contributed by atoms with Crippen LogP contribution in [0.25, 0.3) is 0 Å². The van der Waals surface area contributed by atoms with Gasteiger partial charge in [-0.25, -0.2) is 9.18 Å². The van der Waals surface area contributed by atoms with Gasteiger partial charge in [0.2, 0.25) is 0 Å². The smallest absolute Gasteiger partial charge is 0.341 e. The van der Waals surface area contributed by atoms with Gasteiger partial charge in [-0.05, 0) is 60.5 Å². The lowest BCUT2D eigenvalue weighted by Gasteiger charge is -2.33. The molecule has 3 rings (SSSR count). The zero-order valence-electron chi connectivity index (χ0n) is 17.4. The van der Waals surface area contributed by atoms with Crippen molar-refractivity contribution in [3.8, 4) is 0 Å². The Balaban J connectivity index is 1.82. The SMILES string of the molecule is COC(=O)c1c(NC(=S)NC(=O)c2ccccc2F)sc2c1CCC(C(C)(C)C)C2. The number of methoxy groups -OCH3 is 1. The Morgan fingerprint density at radius 3 is 2.60 bits per heavy atom. The summed E-state index contributed by atoms with van der Waals surface area (Å²) in [5.74, 6) is -1.21. The highest BCUT2D eigenvalue weighted by Crippen LogP contribution is 2.44. The van der Waals surface area contributed by atoms with Crippen molar-refractivity contribution < 1.29 is 18.7 Å². The molecule has 1 unspecified atom stereocenters. The summed E-state index contributed by atoms with van der Waals surface area (Å²) in [4.78, 5) is 25.9. The standard InChI is InChI=1S/C22H25FN2O3S2/c1-22(2,3)12-9-10-14-16(11-12)30-19(17(14)20(27)28-4)25-21(29)24-18(26)13-7-5-6-8-15(13)23/h5-8,12H,9-11H2,1-4H3,(H2,24,25,26,29). The monoisotopic (exact) mass is 448 g/mol. The van der Waals surface area contributed by atoms with Crippen molar-refractivity contribution in [2.24, 2.45) is 11.3 Å². The number of rotatable bonds is 3. The molecular weight excluding hydrogens is 423 g/mol. The van der Waals surface area contributed by atoms with Gasteiger partial charge in [0, 0.05) is 4.88 Å². The number of nitrogens with one attached hydrogen (secondary N) is 2. The predicted octanol–water partition coefficient (Wildman–Crippen LogP) is 4.95. The van der Waals surface area contributed by atoms with E-state index in [0.717, 1.165) is 29.7 Å². The van der Waals surface area contributed by atoms with Gasteiger partial charge in [0.15, 0.2) is 5.11 Å². The van der Waals surface area contributed by atoms with Crippen LogP contribution in [0.5, 0.6) is 0 Å². The largest absolute Gasteiger partial charge is 0.465 e. The van der Waals surface area contributed by atoms with E-state index in [9.17, 15) is 14.0 Å². The molecule has 0 bridgehead atoms. The third-order valence-corrected chi connectivity index (χ3v) is 6.83. The molecule has 1 amide bonds. The topological polar surface area (TPSA) is 67.4 Å². The maximum atomic E-state index is 13.8. The molecule has 1 aromatic heterocycles. The van der Waals surface area contributed by atoms with E-state index in [1.54, 1.807) is 6.07 Å². The molecule has 1 atom stereocenters. The summed E-state index contributed by atoms with van der Waals surface area (Å²) in [6.07, 6.45) is 2.66. The fourth-order valence-corrected chi connectivity index (χ4v) is 5.26. The molecule has 0 spiro atoms. The van der Waals surface area contributed by atoms with Crippen LogP contribution in [-0.2, 0) is 17.6 Å². The van der Waals surface area contributed by atoms with Crippen molar-refractivity contribution in [1.82, 2.24) is 5.32 Å². The highest BCUT2D eigenvalue weighted by molar-refractivity contribution is 7.80. The zero-order valence-corrected chi connectivity index (χ0v) is 19.1. The van der Waals surface area contributed by atoms with Gasteiger partial charge in [0.25, 0.3) is 5.91 Å². The summed E-state index contributed by atoms with van der Waals surface area (Å²) >= 11 is 6.71. The second-order valence-corrected chi connectivity index (χ2v) is 9.91. The number of fused-ring (bicyclic) bond motifs is 1. The molecule has 2 N–H and O–H groups in total. The van der Waals surface area contributed by atoms with E-state index < -0.39 is 17.7 Å². The van der Waals surface area contributed by atoms with Crippen molar-refractivity contribution in [1.29, 1.82) is 0 Å². The number of ether oxygens (including phenoxy) is 1. The molecule has 0 saturated heterocycles. The van der Waals surface area contributed by atoms with Crippen LogP contribution in [0.4, 0.5) is 9.39 Å². The summed E-state index contributed by atoms with van der Waals surface area (Å²) in [6.45, 7) is 6.68. The van der Waals surface area contributed by atoms with E-state index in [1.807, 2.05) is 0 Å². The second-order valence-electron chi connectivity index (χ2n) is 8.39. The van der Waals surface area contributed by atoms with Crippen LogP contribution >= 0.6 is 23.6 Å². The number of thiophene rings is 1. The lowest BCUT2D eigenvalue weighted by atomic mass is 9.72. The minimum absolute atomic E-state index is 0.000579. The Labute approximate surface area is 185 Å². The summed E-state index contributed by atoms with van der Waals surface area (Å²) in [5.41, 5.74) is 1.52. The molecule has 160 valence electrons. The second kappa shape index (κ2) is 8.81. The number of esters is 1. The van der Waals surface area contributed by atoms with Crippen LogP contribution in [0.3, 0.4) is 0 Å². The van der Waals surface area contributed by atoms with Gasteiger partial charge in [-0.1, -0.05) is 32.9 Å². The molecule has 1 aromatic carbocycles. The van der Waals surface area contributed by atoms with Crippen LogP contribution in [0.1, 0.15) is 58.3 Å². The molecule has 1 aliphatic carbocycles. The first-order valence-corrected chi connectivity index (χ1v) is 10.9. The lowest BCUT2D eigenvalue weighted by Crippen LogP contribution is -2.34. The number of thiocarbonyl (C=S) groups is 1.